The van der Waals surface area contributed by atoms with Crippen LogP contribution in [0.15, 0.2) is 24.4 Å². The third kappa shape index (κ3) is 3.78. The Morgan fingerprint density at radius 3 is 2.26 bits per heavy atom. The number of halogens is 5. The molecule has 0 aromatic carbocycles. The summed E-state index contributed by atoms with van der Waals surface area (Å²) in [5, 5.41) is 0.278. The van der Waals surface area contributed by atoms with E-state index in [0.717, 1.165) is 12.3 Å². The minimum atomic E-state index is -4.48. The van der Waals surface area contributed by atoms with Gasteiger partial charge in [0.2, 0.25) is 0 Å². The highest BCUT2D eigenvalue weighted by Crippen LogP contribution is 2.28. The molecular formula is C11H6Cl2F3N3. The predicted molar refractivity (Wildman–Crippen MR) is 64.1 cm³/mol. The van der Waals surface area contributed by atoms with Crippen molar-refractivity contribution in [2.45, 2.75) is 12.6 Å². The van der Waals surface area contributed by atoms with E-state index in [2.05, 4.69) is 15.0 Å². The highest BCUT2D eigenvalue weighted by molar-refractivity contribution is 6.33. The number of hydrogen-bond acceptors (Lipinski definition) is 3. The summed E-state index contributed by atoms with van der Waals surface area (Å²) in [5.74, 6) is 0.247. The van der Waals surface area contributed by atoms with Crippen molar-refractivity contribution < 1.29 is 13.2 Å². The molecule has 0 aliphatic carbocycles. The number of aromatic nitrogens is 3. The van der Waals surface area contributed by atoms with Crippen LogP contribution in [0.5, 0.6) is 0 Å². The van der Waals surface area contributed by atoms with Gasteiger partial charge in [0.05, 0.1) is 0 Å². The van der Waals surface area contributed by atoms with Crippen molar-refractivity contribution in [2.75, 3.05) is 0 Å². The Labute approximate surface area is 116 Å². The van der Waals surface area contributed by atoms with Gasteiger partial charge in [-0.05, 0) is 17.7 Å². The molecule has 0 N–H and O–H groups in total. The molecule has 2 heterocycles. The van der Waals surface area contributed by atoms with E-state index in [1.165, 1.54) is 12.1 Å². The van der Waals surface area contributed by atoms with E-state index >= 15 is 0 Å². The summed E-state index contributed by atoms with van der Waals surface area (Å²) in [5.41, 5.74) is -0.584. The molecule has 0 spiro atoms. The fraction of sp³-hybridized carbons (Fsp3) is 0.182. The lowest BCUT2D eigenvalue weighted by Crippen LogP contribution is -2.08. The lowest BCUT2D eigenvalue weighted by Gasteiger charge is -2.07. The summed E-state index contributed by atoms with van der Waals surface area (Å²) in [6.45, 7) is 0. The highest BCUT2D eigenvalue weighted by Gasteiger charge is 2.32. The predicted octanol–water partition coefficient (Wildman–Crippen LogP) is 3.79. The highest BCUT2D eigenvalue weighted by atomic mass is 35.5. The summed E-state index contributed by atoms with van der Waals surface area (Å²) in [7, 11) is 0. The van der Waals surface area contributed by atoms with Crippen LogP contribution in [0.25, 0.3) is 0 Å². The average Bonchev–Trinajstić information content (AvgIpc) is 2.26. The fourth-order valence-corrected chi connectivity index (χ4v) is 1.89. The van der Waals surface area contributed by atoms with Crippen molar-refractivity contribution in [3.63, 3.8) is 0 Å². The molecule has 19 heavy (non-hydrogen) atoms. The second-order valence-electron chi connectivity index (χ2n) is 3.65. The van der Waals surface area contributed by atoms with Gasteiger partial charge in [0.25, 0.3) is 0 Å². The van der Waals surface area contributed by atoms with Crippen LogP contribution >= 0.6 is 23.2 Å². The number of rotatable bonds is 2. The molecule has 0 amide bonds. The second kappa shape index (κ2) is 5.30. The maximum absolute atomic E-state index is 12.5. The molecule has 0 aliphatic heterocycles. The first-order valence-electron chi connectivity index (χ1n) is 5.05. The van der Waals surface area contributed by atoms with Gasteiger partial charge >= 0.3 is 6.18 Å². The van der Waals surface area contributed by atoms with E-state index in [9.17, 15) is 13.2 Å². The number of alkyl halides is 3. The van der Waals surface area contributed by atoms with E-state index in [-0.39, 0.29) is 22.6 Å². The van der Waals surface area contributed by atoms with E-state index in [1.807, 2.05) is 0 Å². The van der Waals surface area contributed by atoms with Crippen LogP contribution in [-0.2, 0) is 12.6 Å². The lowest BCUT2D eigenvalue weighted by atomic mass is 10.1. The van der Waals surface area contributed by atoms with Gasteiger partial charge in [0.15, 0.2) is 0 Å². The second-order valence-corrected chi connectivity index (χ2v) is 4.43. The van der Waals surface area contributed by atoms with E-state index in [0.29, 0.717) is 5.56 Å². The largest absolute Gasteiger partial charge is 0.433 e. The molecule has 0 aliphatic rings. The molecule has 0 saturated heterocycles. The van der Waals surface area contributed by atoms with Gasteiger partial charge in [-0.1, -0.05) is 23.2 Å². The number of hydrogen-bond donors (Lipinski definition) is 0. The molecule has 0 unspecified atom stereocenters. The van der Waals surface area contributed by atoms with Crippen LogP contribution in [0.4, 0.5) is 13.2 Å². The Kier molecular flexibility index (Phi) is 3.91. The topological polar surface area (TPSA) is 38.7 Å². The van der Waals surface area contributed by atoms with Gasteiger partial charge in [-0.3, -0.25) is 4.98 Å². The normalized spacial score (nSPS) is 11.6. The maximum atomic E-state index is 12.5. The smallest absolute Gasteiger partial charge is 0.252 e. The van der Waals surface area contributed by atoms with Crippen LogP contribution in [0, 0.1) is 0 Å². The molecule has 2 rings (SSSR count). The minimum Gasteiger partial charge on any atom is -0.252 e. The Bertz CT molecular complexity index is 582. The summed E-state index contributed by atoms with van der Waals surface area (Å²) in [4.78, 5) is 11.0. The zero-order valence-corrected chi connectivity index (χ0v) is 10.8. The van der Waals surface area contributed by atoms with Gasteiger partial charge < -0.3 is 0 Å². The van der Waals surface area contributed by atoms with Crippen molar-refractivity contribution in [1.82, 2.24) is 15.0 Å². The molecule has 0 bridgehead atoms. The lowest BCUT2D eigenvalue weighted by molar-refractivity contribution is -0.141. The molecule has 100 valence electrons. The quantitative estimate of drug-likeness (QED) is 0.792. The monoisotopic (exact) mass is 307 g/mol. The summed E-state index contributed by atoms with van der Waals surface area (Å²) in [6, 6.07) is 3.74. The van der Waals surface area contributed by atoms with Crippen molar-refractivity contribution in [3.05, 3.63) is 51.8 Å². The van der Waals surface area contributed by atoms with Crippen LogP contribution < -0.4 is 0 Å². The number of pyridine rings is 1. The first kappa shape index (κ1) is 14.0. The minimum absolute atomic E-state index is 0.0892. The van der Waals surface area contributed by atoms with Gasteiger partial charge in [-0.2, -0.15) is 13.2 Å². The van der Waals surface area contributed by atoms with E-state index in [4.69, 9.17) is 23.2 Å². The molecule has 0 radical (unpaired) electrons. The van der Waals surface area contributed by atoms with Crippen LogP contribution in [0.3, 0.4) is 0 Å². The van der Waals surface area contributed by atoms with Crippen molar-refractivity contribution >= 4 is 23.2 Å². The average molecular weight is 308 g/mol. The summed E-state index contributed by atoms with van der Waals surface area (Å²) >= 11 is 11.4. The standard InChI is InChI=1S/C11H6Cl2F3N3/c12-8-5-9(13)19-10(18-8)4-6-1-2-17-7(3-6)11(14,15)16/h1-3,5H,4H2. The van der Waals surface area contributed by atoms with Gasteiger partial charge in [-0.25, -0.2) is 9.97 Å². The Morgan fingerprint density at radius 2 is 1.68 bits per heavy atom. The zero-order chi connectivity index (χ0) is 14.0. The molecule has 3 nitrogen and oxygen atoms in total. The van der Waals surface area contributed by atoms with Gasteiger partial charge in [-0.15, -0.1) is 0 Å². The summed E-state index contributed by atoms with van der Waals surface area (Å²) in [6.07, 6.45) is -3.31. The molecule has 8 heteroatoms. The molecule has 2 aromatic heterocycles. The van der Waals surface area contributed by atoms with E-state index in [1.54, 1.807) is 0 Å². The van der Waals surface area contributed by atoms with Crippen LogP contribution in [0.2, 0.25) is 10.3 Å². The molecular weight excluding hydrogens is 302 g/mol. The molecule has 2 aromatic rings. The molecule has 0 atom stereocenters. The SMILES string of the molecule is FC(F)(F)c1cc(Cc2nc(Cl)cc(Cl)n2)ccn1. The van der Waals surface area contributed by atoms with Gasteiger partial charge in [0.1, 0.15) is 21.8 Å². The fourth-order valence-electron chi connectivity index (χ4n) is 1.44. The van der Waals surface area contributed by atoms with Crippen molar-refractivity contribution in [2.24, 2.45) is 0 Å². The Balaban J connectivity index is 2.28. The molecule has 0 fully saturated rings. The molecule has 0 saturated carbocycles. The van der Waals surface area contributed by atoms with Crippen molar-refractivity contribution in [3.8, 4) is 0 Å². The van der Waals surface area contributed by atoms with E-state index < -0.39 is 11.9 Å². The first-order chi connectivity index (χ1) is 8.84. The third-order valence-corrected chi connectivity index (χ3v) is 2.57. The summed E-state index contributed by atoms with van der Waals surface area (Å²) < 4.78 is 37.5. The van der Waals surface area contributed by atoms with Crippen LogP contribution in [-0.4, -0.2) is 15.0 Å². The maximum Gasteiger partial charge on any atom is 0.433 e. The Morgan fingerprint density at radius 1 is 1.05 bits per heavy atom. The van der Waals surface area contributed by atoms with Crippen molar-refractivity contribution in [1.29, 1.82) is 0 Å². The zero-order valence-electron chi connectivity index (χ0n) is 9.25. The van der Waals surface area contributed by atoms with Crippen LogP contribution in [0.1, 0.15) is 17.1 Å². The Hall–Kier alpha value is -1.40. The third-order valence-electron chi connectivity index (χ3n) is 2.19. The number of nitrogens with zero attached hydrogens (tertiary/aromatic N) is 3. The van der Waals surface area contributed by atoms with Gasteiger partial charge in [0, 0.05) is 18.7 Å². The first-order valence-corrected chi connectivity index (χ1v) is 5.81.